The number of para-hydroxylation sites is 1. The number of ether oxygens (including phenoxy) is 2. The summed E-state index contributed by atoms with van der Waals surface area (Å²) in [4.78, 5) is 12.5. The van der Waals surface area contributed by atoms with Crippen LogP contribution in [0.25, 0.3) is 11.3 Å². The van der Waals surface area contributed by atoms with Crippen molar-refractivity contribution in [1.29, 1.82) is 0 Å². The van der Waals surface area contributed by atoms with E-state index >= 15 is 0 Å². The van der Waals surface area contributed by atoms with E-state index in [1.807, 2.05) is 38.1 Å². The smallest absolute Gasteiger partial charge is 0.269 e. The van der Waals surface area contributed by atoms with Crippen LogP contribution in [0, 0.1) is 5.82 Å². The van der Waals surface area contributed by atoms with Crippen molar-refractivity contribution in [3.63, 3.8) is 0 Å². The van der Waals surface area contributed by atoms with Gasteiger partial charge in [-0.1, -0.05) is 18.2 Å². The van der Waals surface area contributed by atoms with Crippen LogP contribution >= 0.6 is 0 Å². The molecule has 0 saturated carbocycles. The predicted octanol–water partition coefficient (Wildman–Crippen LogP) is 3.94. The Bertz CT molecular complexity index is 969. The van der Waals surface area contributed by atoms with Crippen molar-refractivity contribution in [3.05, 3.63) is 65.6 Å². The highest BCUT2D eigenvalue weighted by Crippen LogP contribution is 2.30. The second-order valence-electron chi connectivity index (χ2n) is 6.47. The Kier molecular flexibility index (Phi) is 5.93. The fraction of sp³-hybridized carbons (Fsp3) is 0.238. The lowest BCUT2D eigenvalue weighted by molar-refractivity contribution is 0.0945. The SMILES string of the molecule is COc1ccccc1CNC(=O)c1cc(-c2cc(F)ccc2OC(C)C)n[nH]1. The van der Waals surface area contributed by atoms with Crippen LogP contribution in [0.3, 0.4) is 0 Å². The van der Waals surface area contributed by atoms with E-state index in [1.54, 1.807) is 19.2 Å². The number of aromatic nitrogens is 2. The number of amides is 1. The quantitative estimate of drug-likeness (QED) is 0.648. The Labute approximate surface area is 162 Å². The average molecular weight is 383 g/mol. The summed E-state index contributed by atoms with van der Waals surface area (Å²) >= 11 is 0. The van der Waals surface area contributed by atoms with Crippen molar-refractivity contribution in [2.24, 2.45) is 0 Å². The van der Waals surface area contributed by atoms with Gasteiger partial charge in [0.2, 0.25) is 0 Å². The van der Waals surface area contributed by atoms with Gasteiger partial charge < -0.3 is 14.8 Å². The highest BCUT2D eigenvalue weighted by Gasteiger charge is 2.16. The van der Waals surface area contributed by atoms with E-state index in [1.165, 1.54) is 12.1 Å². The zero-order valence-electron chi connectivity index (χ0n) is 16.0. The maximum Gasteiger partial charge on any atom is 0.269 e. The van der Waals surface area contributed by atoms with Gasteiger partial charge in [0.15, 0.2) is 0 Å². The van der Waals surface area contributed by atoms with E-state index in [-0.39, 0.29) is 17.7 Å². The zero-order chi connectivity index (χ0) is 20.1. The summed E-state index contributed by atoms with van der Waals surface area (Å²) in [5, 5.41) is 9.66. The lowest BCUT2D eigenvalue weighted by Crippen LogP contribution is -2.23. The standard InChI is InChI=1S/C21H22FN3O3/c1-13(2)28-20-9-8-15(22)10-16(20)17-11-18(25-24-17)21(26)23-12-14-6-4-5-7-19(14)27-3/h4-11,13H,12H2,1-3H3,(H,23,26)(H,24,25). The number of aromatic amines is 1. The van der Waals surface area contributed by atoms with Crippen LogP contribution < -0.4 is 14.8 Å². The molecule has 2 aromatic carbocycles. The molecule has 28 heavy (non-hydrogen) atoms. The molecule has 0 aliphatic carbocycles. The molecule has 0 fully saturated rings. The Hall–Kier alpha value is -3.35. The van der Waals surface area contributed by atoms with E-state index in [0.717, 1.165) is 5.56 Å². The minimum Gasteiger partial charge on any atom is -0.496 e. The topological polar surface area (TPSA) is 76.2 Å². The molecule has 1 amide bonds. The number of benzene rings is 2. The van der Waals surface area contributed by atoms with Crippen LogP contribution in [-0.2, 0) is 6.54 Å². The Balaban J connectivity index is 1.77. The fourth-order valence-electron chi connectivity index (χ4n) is 2.75. The lowest BCUT2D eigenvalue weighted by atomic mass is 10.1. The second kappa shape index (κ2) is 8.56. The maximum absolute atomic E-state index is 13.7. The second-order valence-corrected chi connectivity index (χ2v) is 6.47. The predicted molar refractivity (Wildman–Crippen MR) is 104 cm³/mol. The third-order valence-electron chi connectivity index (χ3n) is 4.03. The molecule has 6 nitrogen and oxygen atoms in total. The molecule has 3 rings (SSSR count). The molecule has 0 bridgehead atoms. The Morgan fingerprint density at radius 1 is 1.18 bits per heavy atom. The van der Waals surface area contributed by atoms with Gasteiger partial charge >= 0.3 is 0 Å². The first-order chi connectivity index (χ1) is 13.5. The summed E-state index contributed by atoms with van der Waals surface area (Å²) < 4.78 is 24.7. The van der Waals surface area contributed by atoms with Crippen LogP contribution in [-0.4, -0.2) is 29.3 Å². The number of carbonyl (C=O) groups excluding carboxylic acids is 1. The molecule has 0 atom stereocenters. The van der Waals surface area contributed by atoms with Gasteiger partial charge in [-0.05, 0) is 44.2 Å². The van der Waals surface area contributed by atoms with Crippen molar-refractivity contribution in [1.82, 2.24) is 15.5 Å². The van der Waals surface area contributed by atoms with E-state index in [0.29, 0.717) is 29.3 Å². The molecule has 0 aliphatic rings. The Morgan fingerprint density at radius 2 is 1.96 bits per heavy atom. The summed E-state index contributed by atoms with van der Waals surface area (Å²) in [6, 6.07) is 13.2. The number of nitrogens with zero attached hydrogens (tertiary/aromatic N) is 1. The van der Waals surface area contributed by atoms with E-state index < -0.39 is 5.82 Å². The first-order valence-electron chi connectivity index (χ1n) is 8.90. The molecule has 0 saturated heterocycles. The van der Waals surface area contributed by atoms with E-state index in [9.17, 15) is 9.18 Å². The zero-order valence-corrected chi connectivity index (χ0v) is 16.0. The summed E-state index contributed by atoms with van der Waals surface area (Å²) in [5.74, 6) is 0.468. The summed E-state index contributed by atoms with van der Waals surface area (Å²) in [6.07, 6.45) is -0.0771. The van der Waals surface area contributed by atoms with Gasteiger partial charge in [-0.25, -0.2) is 4.39 Å². The molecule has 1 heterocycles. The molecule has 0 aliphatic heterocycles. The number of H-pyrrole nitrogens is 1. The fourth-order valence-corrected chi connectivity index (χ4v) is 2.75. The number of hydrogen-bond donors (Lipinski definition) is 2. The first-order valence-corrected chi connectivity index (χ1v) is 8.90. The molecule has 0 unspecified atom stereocenters. The molecule has 146 valence electrons. The third-order valence-corrected chi connectivity index (χ3v) is 4.03. The summed E-state index contributed by atoms with van der Waals surface area (Å²) in [6.45, 7) is 4.07. The van der Waals surface area contributed by atoms with Gasteiger partial charge in [-0.2, -0.15) is 5.10 Å². The van der Waals surface area contributed by atoms with Crippen LogP contribution in [0.2, 0.25) is 0 Å². The monoisotopic (exact) mass is 383 g/mol. The van der Waals surface area contributed by atoms with Gasteiger partial charge in [0.25, 0.3) is 5.91 Å². The number of halogens is 1. The summed E-state index contributed by atoms with van der Waals surface area (Å²) in [5.41, 5.74) is 2.03. The van der Waals surface area contributed by atoms with Crippen molar-refractivity contribution in [2.45, 2.75) is 26.5 Å². The molecule has 7 heteroatoms. The molecule has 3 aromatic rings. The van der Waals surface area contributed by atoms with E-state index in [4.69, 9.17) is 9.47 Å². The molecule has 2 N–H and O–H groups in total. The number of rotatable bonds is 7. The van der Waals surface area contributed by atoms with Crippen molar-refractivity contribution < 1.29 is 18.7 Å². The number of methoxy groups -OCH3 is 1. The van der Waals surface area contributed by atoms with Crippen LogP contribution in [0.5, 0.6) is 11.5 Å². The van der Waals surface area contributed by atoms with Crippen LogP contribution in [0.4, 0.5) is 4.39 Å². The van der Waals surface area contributed by atoms with Gasteiger partial charge in [-0.3, -0.25) is 9.89 Å². The number of nitrogens with one attached hydrogen (secondary N) is 2. The molecule has 0 radical (unpaired) electrons. The number of hydrogen-bond acceptors (Lipinski definition) is 4. The van der Waals surface area contributed by atoms with Gasteiger partial charge in [-0.15, -0.1) is 0 Å². The third kappa shape index (κ3) is 4.49. The van der Waals surface area contributed by atoms with Crippen molar-refractivity contribution in [2.75, 3.05) is 7.11 Å². The van der Waals surface area contributed by atoms with E-state index in [2.05, 4.69) is 15.5 Å². The minimum absolute atomic E-state index is 0.0771. The molecule has 1 aromatic heterocycles. The number of carbonyl (C=O) groups is 1. The van der Waals surface area contributed by atoms with Crippen molar-refractivity contribution in [3.8, 4) is 22.8 Å². The molecule has 0 spiro atoms. The van der Waals surface area contributed by atoms with Gasteiger partial charge in [0.1, 0.15) is 23.0 Å². The van der Waals surface area contributed by atoms with Crippen LogP contribution in [0.1, 0.15) is 29.9 Å². The largest absolute Gasteiger partial charge is 0.496 e. The molecular formula is C21H22FN3O3. The Morgan fingerprint density at radius 3 is 2.71 bits per heavy atom. The molecular weight excluding hydrogens is 361 g/mol. The summed E-state index contributed by atoms with van der Waals surface area (Å²) in [7, 11) is 1.58. The lowest BCUT2D eigenvalue weighted by Gasteiger charge is -2.13. The first kappa shape index (κ1) is 19.4. The van der Waals surface area contributed by atoms with Gasteiger partial charge in [0.05, 0.1) is 18.9 Å². The van der Waals surface area contributed by atoms with Gasteiger partial charge in [0, 0.05) is 17.7 Å². The highest BCUT2D eigenvalue weighted by molar-refractivity contribution is 5.93. The van der Waals surface area contributed by atoms with Crippen LogP contribution in [0.15, 0.2) is 48.5 Å². The average Bonchev–Trinajstić information content (AvgIpc) is 3.17. The highest BCUT2D eigenvalue weighted by atomic mass is 19.1. The van der Waals surface area contributed by atoms with Crippen molar-refractivity contribution >= 4 is 5.91 Å². The maximum atomic E-state index is 13.7. The minimum atomic E-state index is -0.406. The normalized spacial score (nSPS) is 10.8.